The van der Waals surface area contributed by atoms with E-state index in [2.05, 4.69) is 9.97 Å². The molecule has 160 valence electrons. The van der Waals surface area contributed by atoms with E-state index in [0.29, 0.717) is 18.0 Å². The molecule has 5 rings (SSSR count). The van der Waals surface area contributed by atoms with E-state index in [1.165, 1.54) is 5.06 Å². The lowest BCUT2D eigenvalue weighted by Gasteiger charge is -2.22. The van der Waals surface area contributed by atoms with Crippen LogP contribution in [0.1, 0.15) is 29.8 Å². The van der Waals surface area contributed by atoms with E-state index in [0.717, 1.165) is 40.6 Å². The first kappa shape index (κ1) is 20.2. The molecule has 0 unspecified atom stereocenters. The van der Waals surface area contributed by atoms with Crippen LogP contribution in [0.3, 0.4) is 0 Å². The number of hydroxylamine groups is 1. The van der Waals surface area contributed by atoms with Gasteiger partial charge < -0.3 is 4.74 Å². The second-order valence-corrected chi connectivity index (χ2v) is 7.72. The number of hydrogen-bond donors (Lipinski definition) is 0. The van der Waals surface area contributed by atoms with E-state index >= 15 is 0 Å². The molecule has 0 saturated carbocycles. The number of ether oxygens (including phenoxy) is 1. The molecule has 0 radical (unpaired) electrons. The van der Waals surface area contributed by atoms with Crippen molar-refractivity contribution in [3.63, 3.8) is 0 Å². The number of amides is 1. The van der Waals surface area contributed by atoms with E-state index in [9.17, 15) is 4.79 Å². The Bertz CT molecular complexity index is 1260. The number of carbonyl (C=O) groups excluding carboxylic acids is 1. The maximum absolute atomic E-state index is 12.6. The highest BCUT2D eigenvalue weighted by molar-refractivity contribution is 5.92. The van der Waals surface area contributed by atoms with Crippen LogP contribution < -0.4 is 9.80 Å². The summed E-state index contributed by atoms with van der Waals surface area (Å²) in [5.41, 5.74) is 3.77. The summed E-state index contributed by atoms with van der Waals surface area (Å²) in [6.45, 7) is 0.539. The number of rotatable bonds is 6. The van der Waals surface area contributed by atoms with Crippen LogP contribution in [0.5, 0.6) is 5.75 Å². The monoisotopic (exact) mass is 425 g/mol. The summed E-state index contributed by atoms with van der Waals surface area (Å²) in [6, 6.07) is 23.4. The van der Waals surface area contributed by atoms with Crippen LogP contribution in [0.15, 0.2) is 79.0 Å². The molecule has 0 bridgehead atoms. The van der Waals surface area contributed by atoms with Crippen LogP contribution in [-0.2, 0) is 29.3 Å². The molecule has 6 heteroatoms. The SMILES string of the molecule is O=C1CCCc2ccccc2N1OCc1cccc(OCc2ncc3ccccc3n2)c1. The van der Waals surface area contributed by atoms with E-state index in [1.54, 1.807) is 6.20 Å². The molecule has 6 nitrogen and oxygen atoms in total. The molecule has 0 N–H and O–H groups in total. The Hall–Kier alpha value is -3.77. The molecule has 0 saturated heterocycles. The van der Waals surface area contributed by atoms with Gasteiger partial charge in [0.1, 0.15) is 19.0 Å². The second-order valence-electron chi connectivity index (χ2n) is 7.72. The van der Waals surface area contributed by atoms with Crippen molar-refractivity contribution in [1.29, 1.82) is 0 Å². The molecule has 0 spiro atoms. The van der Waals surface area contributed by atoms with Crippen molar-refractivity contribution in [3.05, 3.63) is 95.9 Å². The van der Waals surface area contributed by atoms with Gasteiger partial charge in [0.05, 0.1) is 11.2 Å². The summed E-state index contributed by atoms with van der Waals surface area (Å²) in [7, 11) is 0. The largest absolute Gasteiger partial charge is 0.486 e. The summed E-state index contributed by atoms with van der Waals surface area (Å²) < 4.78 is 5.91. The highest BCUT2D eigenvalue weighted by Gasteiger charge is 2.23. The van der Waals surface area contributed by atoms with Crippen LogP contribution in [0, 0.1) is 0 Å². The zero-order chi connectivity index (χ0) is 21.8. The van der Waals surface area contributed by atoms with Gasteiger partial charge in [-0.2, -0.15) is 5.06 Å². The average molecular weight is 425 g/mol. The lowest BCUT2D eigenvalue weighted by atomic mass is 10.1. The third kappa shape index (κ3) is 4.45. The number of benzene rings is 3. The quantitative estimate of drug-likeness (QED) is 0.434. The zero-order valence-electron chi connectivity index (χ0n) is 17.6. The van der Waals surface area contributed by atoms with Gasteiger partial charge >= 0.3 is 0 Å². The number of carbonyl (C=O) groups is 1. The second kappa shape index (κ2) is 9.16. The lowest BCUT2D eigenvalue weighted by molar-refractivity contribution is -0.126. The first-order chi connectivity index (χ1) is 15.8. The van der Waals surface area contributed by atoms with Gasteiger partial charge in [0.25, 0.3) is 5.91 Å². The number of aromatic nitrogens is 2. The Morgan fingerprint density at radius 2 is 1.78 bits per heavy atom. The van der Waals surface area contributed by atoms with Crippen molar-refractivity contribution in [2.24, 2.45) is 0 Å². The van der Waals surface area contributed by atoms with Crippen molar-refractivity contribution < 1.29 is 14.4 Å². The number of nitrogens with zero attached hydrogens (tertiary/aromatic N) is 3. The van der Waals surface area contributed by atoms with Crippen molar-refractivity contribution in [1.82, 2.24) is 9.97 Å². The minimum atomic E-state index is -0.0178. The number of fused-ring (bicyclic) bond motifs is 2. The molecule has 0 fully saturated rings. The van der Waals surface area contributed by atoms with Gasteiger partial charge in [0, 0.05) is 18.0 Å². The predicted octanol–water partition coefficient (Wildman–Crippen LogP) is 5.01. The molecule has 0 atom stereocenters. The van der Waals surface area contributed by atoms with E-state index in [1.807, 2.05) is 72.8 Å². The van der Waals surface area contributed by atoms with Crippen molar-refractivity contribution in [3.8, 4) is 5.75 Å². The zero-order valence-corrected chi connectivity index (χ0v) is 17.6. The van der Waals surface area contributed by atoms with Gasteiger partial charge in [-0.3, -0.25) is 9.63 Å². The Labute approximate surface area is 186 Å². The Balaban J connectivity index is 1.25. The predicted molar refractivity (Wildman–Crippen MR) is 122 cm³/mol. The Morgan fingerprint density at radius 1 is 0.906 bits per heavy atom. The van der Waals surface area contributed by atoms with Crippen LogP contribution >= 0.6 is 0 Å². The summed E-state index contributed by atoms with van der Waals surface area (Å²) in [6.07, 6.45) is 3.99. The first-order valence-electron chi connectivity index (χ1n) is 10.7. The lowest BCUT2D eigenvalue weighted by Crippen LogP contribution is -2.30. The molecular formula is C26H23N3O3. The third-order valence-electron chi connectivity index (χ3n) is 5.44. The molecule has 32 heavy (non-hydrogen) atoms. The van der Waals surface area contributed by atoms with E-state index in [4.69, 9.17) is 9.57 Å². The minimum Gasteiger partial charge on any atom is -0.486 e. The molecule has 1 aliphatic rings. The van der Waals surface area contributed by atoms with Crippen molar-refractivity contribution in [2.45, 2.75) is 32.5 Å². The average Bonchev–Trinajstić information content (AvgIpc) is 2.99. The van der Waals surface area contributed by atoms with Crippen LogP contribution in [0.2, 0.25) is 0 Å². The number of para-hydroxylation sites is 2. The highest BCUT2D eigenvalue weighted by atomic mass is 16.7. The van der Waals surface area contributed by atoms with E-state index < -0.39 is 0 Å². The summed E-state index contributed by atoms with van der Waals surface area (Å²) >= 11 is 0. The smallest absolute Gasteiger partial charge is 0.250 e. The number of aryl methyl sites for hydroxylation is 1. The van der Waals surface area contributed by atoms with Gasteiger partial charge in [-0.15, -0.1) is 0 Å². The fourth-order valence-corrected chi connectivity index (χ4v) is 3.82. The van der Waals surface area contributed by atoms with E-state index in [-0.39, 0.29) is 19.1 Å². The topological polar surface area (TPSA) is 64.6 Å². The normalized spacial score (nSPS) is 13.6. The van der Waals surface area contributed by atoms with Gasteiger partial charge in [-0.05, 0) is 48.2 Å². The number of anilines is 1. The van der Waals surface area contributed by atoms with Crippen LogP contribution in [0.25, 0.3) is 10.9 Å². The maximum Gasteiger partial charge on any atom is 0.250 e. The number of hydrogen-bond acceptors (Lipinski definition) is 5. The van der Waals surface area contributed by atoms with Crippen molar-refractivity contribution in [2.75, 3.05) is 5.06 Å². The van der Waals surface area contributed by atoms with Gasteiger partial charge in [0.15, 0.2) is 5.82 Å². The fraction of sp³-hybridized carbons (Fsp3) is 0.192. The molecule has 1 aliphatic heterocycles. The standard InChI is InChI=1S/C26H23N3O3/c30-26-14-6-10-20-8-2-4-13-24(20)29(26)32-17-19-7-5-11-22(15-19)31-18-25-27-16-21-9-1-3-12-23(21)28-25/h1-5,7-9,11-13,15-16H,6,10,14,17-18H2. The maximum atomic E-state index is 12.6. The molecule has 3 aromatic carbocycles. The minimum absolute atomic E-state index is 0.0178. The Kier molecular flexibility index (Phi) is 5.77. The highest BCUT2D eigenvalue weighted by Crippen LogP contribution is 2.28. The summed E-state index contributed by atoms with van der Waals surface area (Å²) in [4.78, 5) is 27.5. The molecule has 4 aromatic rings. The molecular weight excluding hydrogens is 402 g/mol. The van der Waals surface area contributed by atoms with Gasteiger partial charge in [0.2, 0.25) is 0 Å². The third-order valence-corrected chi connectivity index (χ3v) is 5.44. The fourth-order valence-electron chi connectivity index (χ4n) is 3.82. The first-order valence-corrected chi connectivity index (χ1v) is 10.7. The summed E-state index contributed by atoms with van der Waals surface area (Å²) in [5.74, 6) is 1.30. The summed E-state index contributed by atoms with van der Waals surface area (Å²) in [5, 5.41) is 2.44. The van der Waals surface area contributed by atoms with Crippen LogP contribution in [-0.4, -0.2) is 15.9 Å². The van der Waals surface area contributed by atoms with Crippen LogP contribution in [0.4, 0.5) is 5.69 Å². The molecule has 1 aromatic heterocycles. The molecule has 1 amide bonds. The molecule has 0 aliphatic carbocycles. The van der Waals surface area contributed by atoms with Gasteiger partial charge in [-0.1, -0.05) is 48.5 Å². The van der Waals surface area contributed by atoms with Crippen molar-refractivity contribution >= 4 is 22.5 Å². The van der Waals surface area contributed by atoms with Gasteiger partial charge in [-0.25, -0.2) is 9.97 Å². The molecule has 2 heterocycles. The Morgan fingerprint density at radius 3 is 2.75 bits per heavy atom.